The maximum Gasteiger partial charge on any atom is 0.307 e. The first kappa shape index (κ1) is 13.1. The molecule has 0 spiro atoms. The molecule has 0 aliphatic carbocycles. The van der Waals surface area contributed by atoms with Crippen LogP contribution in [0.2, 0.25) is 0 Å². The third kappa shape index (κ3) is 3.86. The molecule has 2 unspecified atom stereocenters. The van der Waals surface area contributed by atoms with Crippen LogP contribution in [0.4, 0.5) is 0 Å². The van der Waals surface area contributed by atoms with E-state index in [0.717, 1.165) is 0 Å². The van der Waals surface area contributed by atoms with E-state index < -0.39 is 17.8 Å². The highest BCUT2D eigenvalue weighted by atomic mass is 16.4. The Hall–Kier alpha value is -1.92. The Labute approximate surface area is 98.6 Å². The second-order valence-corrected chi connectivity index (χ2v) is 3.89. The highest BCUT2D eigenvalue weighted by Gasteiger charge is 2.25. The van der Waals surface area contributed by atoms with Crippen LogP contribution in [-0.4, -0.2) is 38.7 Å². The first-order chi connectivity index (χ1) is 8.02. The standard InChI is InChI=1S/C10H16N4O3/c1-6(7(2)10(16)17)9(15)11-4-3-8-12-5-13-14-8/h5-7H,3-4H2,1-2H3,(H,11,15)(H,16,17)(H,12,13,14). The van der Waals surface area contributed by atoms with E-state index in [1.165, 1.54) is 13.3 Å². The summed E-state index contributed by atoms with van der Waals surface area (Å²) in [6.45, 7) is 3.52. The molecule has 0 fully saturated rings. The van der Waals surface area contributed by atoms with Crippen molar-refractivity contribution in [1.29, 1.82) is 0 Å². The van der Waals surface area contributed by atoms with Crippen molar-refractivity contribution < 1.29 is 14.7 Å². The molecular formula is C10H16N4O3. The number of hydrogen-bond donors (Lipinski definition) is 3. The van der Waals surface area contributed by atoms with Crippen molar-refractivity contribution >= 4 is 11.9 Å². The molecule has 0 aliphatic rings. The normalized spacial score (nSPS) is 14.0. The van der Waals surface area contributed by atoms with Crippen LogP contribution in [0.5, 0.6) is 0 Å². The van der Waals surface area contributed by atoms with Gasteiger partial charge >= 0.3 is 5.97 Å². The van der Waals surface area contributed by atoms with Gasteiger partial charge in [-0.3, -0.25) is 14.7 Å². The molecule has 0 bridgehead atoms. The van der Waals surface area contributed by atoms with Gasteiger partial charge in [-0.05, 0) is 0 Å². The van der Waals surface area contributed by atoms with Crippen LogP contribution in [0, 0.1) is 11.8 Å². The molecule has 0 radical (unpaired) electrons. The molecule has 1 amide bonds. The van der Waals surface area contributed by atoms with Crippen molar-refractivity contribution in [3.8, 4) is 0 Å². The zero-order valence-corrected chi connectivity index (χ0v) is 9.80. The lowest BCUT2D eigenvalue weighted by Crippen LogP contribution is -2.36. The second-order valence-electron chi connectivity index (χ2n) is 3.89. The van der Waals surface area contributed by atoms with Gasteiger partial charge in [-0.1, -0.05) is 13.8 Å². The molecule has 1 aromatic rings. The van der Waals surface area contributed by atoms with Crippen LogP contribution < -0.4 is 5.32 Å². The van der Waals surface area contributed by atoms with Gasteiger partial charge in [-0.25, -0.2) is 4.98 Å². The van der Waals surface area contributed by atoms with Crippen LogP contribution in [0.15, 0.2) is 6.33 Å². The molecule has 0 aromatic carbocycles. The zero-order chi connectivity index (χ0) is 12.8. The Morgan fingerprint density at radius 3 is 2.71 bits per heavy atom. The summed E-state index contributed by atoms with van der Waals surface area (Å²) in [7, 11) is 0. The topological polar surface area (TPSA) is 108 Å². The maximum atomic E-state index is 11.6. The van der Waals surface area contributed by atoms with E-state index in [0.29, 0.717) is 18.8 Å². The minimum atomic E-state index is -0.970. The average molecular weight is 240 g/mol. The van der Waals surface area contributed by atoms with Gasteiger partial charge in [0.15, 0.2) is 0 Å². The van der Waals surface area contributed by atoms with E-state index >= 15 is 0 Å². The number of rotatable bonds is 6. The average Bonchev–Trinajstić information content (AvgIpc) is 2.79. The van der Waals surface area contributed by atoms with Crippen molar-refractivity contribution in [2.24, 2.45) is 11.8 Å². The van der Waals surface area contributed by atoms with E-state index in [1.807, 2.05) is 0 Å². The predicted octanol–water partition coefficient (Wildman–Crippen LogP) is -0.180. The van der Waals surface area contributed by atoms with Crippen molar-refractivity contribution in [3.05, 3.63) is 12.2 Å². The van der Waals surface area contributed by atoms with Crippen LogP contribution in [-0.2, 0) is 16.0 Å². The van der Waals surface area contributed by atoms with Gasteiger partial charge in [0.25, 0.3) is 0 Å². The largest absolute Gasteiger partial charge is 0.481 e. The van der Waals surface area contributed by atoms with Crippen LogP contribution >= 0.6 is 0 Å². The van der Waals surface area contributed by atoms with Gasteiger partial charge in [0.1, 0.15) is 12.2 Å². The lowest BCUT2D eigenvalue weighted by Gasteiger charge is -2.15. The fourth-order valence-corrected chi connectivity index (χ4v) is 1.26. The molecule has 7 heteroatoms. The molecule has 94 valence electrons. The summed E-state index contributed by atoms with van der Waals surface area (Å²) in [6.07, 6.45) is 1.94. The Kier molecular flexibility index (Phi) is 4.62. The summed E-state index contributed by atoms with van der Waals surface area (Å²) >= 11 is 0. The molecule has 17 heavy (non-hydrogen) atoms. The number of hydrogen-bond acceptors (Lipinski definition) is 4. The number of carbonyl (C=O) groups excluding carboxylic acids is 1. The number of H-pyrrole nitrogens is 1. The summed E-state index contributed by atoms with van der Waals surface area (Å²) < 4.78 is 0. The number of aromatic nitrogens is 3. The first-order valence-electron chi connectivity index (χ1n) is 5.37. The summed E-state index contributed by atoms with van der Waals surface area (Å²) in [5, 5.41) is 17.8. The Balaban J connectivity index is 2.32. The van der Waals surface area contributed by atoms with Gasteiger partial charge in [-0.15, -0.1) is 0 Å². The molecular weight excluding hydrogens is 224 g/mol. The molecule has 0 saturated heterocycles. The zero-order valence-electron chi connectivity index (χ0n) is 9.80. The van der Waals surface area contributed by atoms with Gasteiger partial charge in [0.05, 0.1) is 5.92 Å². The van der Waals surface area contributed by atoms with Gasteiger partial charge in [0.2, 0.25) is 5.91 Å². The summed E-state index contributed by atoms with van der Waals surface area (Å²) in [5.41, 5.74) is 0. The first-order valence-corrected chi connectivity index (χ1v) is 5.37. The summed E-state index contributed by atoms with van der Waals surface area (Å²) in [5.74, 6) is -1.80. The SMILES string of the molecule is CC(C(=O)O)C(C)C(=O)NCCc1ncn[nH]1. The number of aromatic amines is 1. The van der Waals surface area contributed by atoms with Crippen LogP contribution in [0.1, 0.15) is 19.7 Å². The molecule has 1 rings (SSSR count). The monoisotopic (exact) mass is 240 g/mol. The molecule has 0 aliphatic heterocycles. The van der Waals surface area contributed by atoms with E-state index in [2.05, 4.69) is 20.5 Å². The Morgan fingerprint density at radius 2 is 2.18 bits per heavy atom. The van der Waals surface area contributed by atoms with Crippen molar-refractivity contribution in [1.82, 2.24) is 20.5 Å². The van der Waals surface area contributed by atoms with Crippen molar-refractivity contribution in [3.63, 3.8) is 0 Å². The fourth-order valence-electron chi connectivity index (χ4n) is 1.26. The summed E-state index contributed by atoms with van der Waals surface area (Å²) in [4.78, 5) is 26.2. The van der Waals surface area contributed by atoms with E-state index in [-0.39, 0.29) is 5.91 Å². The van der Waals surface area contributed by atoms with Crippen molar-refractivity contribution in [2.75, 3.05) is 6.54 Å². The number of carboxylic acids is 1. The molecule has 0 saturated carbocycles. The minimum Gasteiger partial charge on any atom is -0.481 e. The number of carbonyl (C=O) groups is 2. The lowest BCUT2D eigenvalue weighted by molar-refractivity contribution is -0.146. The molecule has 1 aromatic heterocycles. The van der Waals surface area contributed by atoms with E-state index in [1.54, 1.807) is 6.92 Å². The fraction of sp³-hybridized carbons (Fsp3) is 0.600. The third-order valence-electron chi connectivity index (χ3n) is 2.68. The van der Waals surface area contributed by atoms with Crippen molar-refractivity contribution in [2.45, 2.75) is 20.3 Å². The van der Waals surface area contributed by atoms with Gasteiger partial charge < -0.3 is 10.4 Å². The summed E-state index contributed by atoms with van der Waals surface area (Å²) in [6, 6.07) is 0. The highest BCUT2D eigenvalue weighted by molar-refractivity contribution is 5.84. The number of aliphatic carboxylic acids is 1. The number of amides is 1. The van der Waals surface area contributed by atoms with Crippen LogP contribution in [0.3, 0.4) is 0 Å². The molecule has 3 N–H and O–H groups in total. The lowest BCUT2D eigenvalue weighted by atomic mass is 9.95. The number of nitrogens with one attached hydrogen (secondary N) is 2. The number of nitrogens with zero attached hydrogens (tertiary/aromatic N) is 2. The van der Waals surface area contributed by atoms with E-state index in [4.69, 9.17) is 5.11 Å². The minimum absolute atomic E-state index is 0.264. The molecule has 7 nitrogen and oxygen atoms in total. The Bertz CT molecular complexity index is 377. The van der Waals surface area contributed by atoms with Crippen LogP contribution in [0.25, 0.3) is 0 Å². The molecule has 2 atom stereocenters. The molecule has 1 heterocycles. The smallest absolute Gasteiger partial charge is 0.307 e. The third-order valence-corrected chi connectivity index (χ3v) is 2.68. The van der Waals surface area contributed by atoms with Gasteiger partial charge in [-0.2, -0.15) is 5.10 Å². The predicted molar refractivity (Wildman–Crippen MR) is 59.1 cm³/mol. The van der Waals surface area contributed by atoms with Gasteiger partial charge in [0, 0.05) is 18.9 Å². The number of carboxylic acid groups (broad SMARTS) is 1. The maximum absolute atomic E-state index is 11.6. The quantitative estimate of drug-likeness (QED) is 0.639. The van der Waals surface area contributed by atoms with E-state index in [9.17, 15) is 9.59 Å². The highest BCUT2D eigenvalue weighted by Crippen LogP contribution is 2.10. The second kappa shape index (κ2) is 5.97. The Morgan fingerprint density at radius 1 is 1.47 bits per heavy atom.